The standard InChI is InChI=1S/C19H15IO3/c20-17-11-14(5-10-18(17)23)19(12-1-6-15(21)7-2-12)13-3-8-16(22)9-4-13/h1-11,19,21-23H. The fraction of sp³-hybridized carbons (Fsp3) is 0.0526. The molecule has 3 aromatic carbocycles. The quantitative estimate of drug-likeness (QED) is 0.431. The molecule has 0 unspecified atom stereocenters. The van der Waals surface area contributed by atoms with Crippen LogP contribution in [0.4, 0.5) is 0 Å². The van der Waals surface area contributed by atoms with E-state index in [1.807, 2.05) is 36.4 Å². The van der Waals surface area contributed by atoms with Gasteiger partial charge in [-0.1, -0.05) is 30.3 Å². The zero-order valence-electron chi connectivity index (χ0n) is 12.1. The summed E-state index contributed by atoms with van der Waals surface area (Å²) in [5.74, 6) is 0.645. The predicted molar refractivity (Wildman–Crippen MR) is 98.0 cm³/mol. The number of halogens is 1. The number of hydrogen-bond donors (Lipinski definition) is 3. The lowest BCUT2D eigenvalue weighted by Crippen LogP contribution is -2.03. The lowest BCUT2D eigenvalue weighted by atomic mass is 9.85. The van der Waals surface area contributed by atoms with Gasteiger partial charge in [-0.3, -0.25) is 0 Å². The maximum atomic E-state index is 9.77. The van der Waals surface area contributed by atoms with Crippen molar-refractivity contribution in [2.75, 3.05) is 0 Å². The van der Waals surface area contributed by atoms with E-state index in [2.05, 4.69) is 22.6 Å². The van der Waals surface area contributed by atoms with E-state index in [1.54, 1.807) is 30.3 Å². The van der Waals surface area contributed by atoms with Crippen LogP contribution in [0.1, 0.15) is 22.6 Å². The van der Waals surface area contributed by atoms with E-state index in [-0.39, 0.29) is 23.2 Å². The summed E-state index contributed by atoms with van der Waals surface area (Å²) >= 11 is 2.10. The molecule has 23 heavy (non-hydrogen) atoms. The molecular weight excluding hydrogens is 403 g/mol. The van der Waals surface area contributed by atoms with Crippen molar-refractivity contribution in [3.63, 3.8) is 0 Å². The summed E-state index contributed by atoms with van der Waals surface area (Å²) in [5.41, 5.74) is 3.08. The van der Waals surface area contributed by atoms with Gasteiger partial charge in [-0.05, 0) is 75.7 Å². The van der Waals surface area contributed by atoms with Crippen LogP contribution in [-0.4, -0.2) is 15.3 Å². The summed E-state index contributed by atoms with van der Waals surface area (Å²) in [5, 5.41) is 28.8. The average molecular weight is 418 g/mol. The van der Waals surface area contributed by atoms with Crippen molar-refractivity contribution >= 4 is 22.6 Å². The molecule has 3 aromatic rings. The lowest BCUT2D eigenvalue weighted by molar-refractivity contribution is 0.471. The summed E-state index contributed by atoms with van der Waals surface area (Å²) in [4.78, 5) is 0. The van der Waals surface area contributed by atoms with Crippen LogP contribution in [0.2, 0.25) is 0 Å². The lowest BCUT2D eigenvalue weighted by Gasteiger charge is -2.19. The van der Waals surface area contributed by atoms with Gasteiger partial charge >= 0.3 is 0 Å². The molecule has 0 saturated carbocycles. The second-order valence-corrected chi connectivity index (χ2v) is 6.49. The highest BCUT2D eigenvalue weighted by atomic mass is 127. The molecule has 0 aromatic heterocycles. The van der Waals surface area contributed by atoms with Gasteiger partial charge in [0.05, 0.1) is 3.57 Å². The van der Waals surface area contributed by atoms with Crippen molar-refractivity contribution in [3.05, 3.63) is 87.0 Å². The second kappa shape index (κ2) is 6.50. The van der Waals surface area contributed by atoms with E-state index in [4.69, 9.17) is 0 Å². The summed E-state index contributed by atoms with van der Waals surface area (Å²) in [6, 6.07) is 19.7. The Morgan fingerprint density at radius 3 is 1.48 bits per heavy atom. The Morgan fingerprint density at radius 2 is 1.04 bits per heavy atom. The molecule has 4 heteroatoms. The van der Waals surface area contributed by atoms with Gasteiger partial charge in [-0.25, -0.2) is 0 Å². The Labute approximate surface area is 148 Å². The van der Waals surface area contributed by atoms with Gasteiger partial charge < -0.3 is 15.3 Å². The first kappa shape index (κ1) is 15.7. The number of aromatic hydroxyl groups is 3. The molecule has 0 saturated heterocycles. The van der Waals surface area contributed by atoms with Crippen LogP contribution in [0.25, 0.3) is 0 Å². The molecule has 3 N–H and O–H groups in total. The van der Waals surface area contributed by atoms with Crippen molar-refractivity contribution in [3.8, 4) is 17.2 Å². The van der Waals surface area contributed by atoms with Gasteiger partial charge in [0.25, 0.3) is 0 Å². The van der Waals surface area contributed by atoms with E-state index in [9.17, 15) is 15.3 Å². The van der Waals surface area contributed by atoms with Gasteiger partial charge in [-0.15, -0.1) is 0 Å². The van der Waals surface area contributed by atoms with Crippen LogP contribution < -0.4 is 0 Å². The Bertz CT molecular complexity index is 766. The Hall–Kier alpha value is -2.21. The van der Waals surface area contributed by atoms with Crippen LogP contribution >= 0.6 is 22.6 Å². The molecule has 3 rings (SSSR count). The topological polar surface area (TPSA) is 60.7 Å². The van der Waals surface area contributed by atoms with Crippen molar-refractivity contribution in [1.82, 2.24) is 0 Å². The van der Waals surface area contributed by atoms with E-state index >= 15 is 0 Å². The van der Waals surface area contributed by atoms with Gasteiger partial charge in [0.2, 0.25) is 0 Å². The van der Waals surface area contributed by atoms with Crippen molar-refractivity contribution in [2.24, 2.45) is 0 Å². The van der Waals surface area contributed by atoms with Gasteiger partial charge in [0.15, 0.2) is 0 Å². The predicted octanol–water partition coefficient (Wildman–Crippen LogP) is 4.59. The molecule has 0 radical (unpaired) electrons. The van der Waals surface area contributed by atoms with E-state index in [0.29, 0.717) is 0 Å². The van der Waals surface area contributed by atoms with Crippen LogP contribution in [0, 0.1) is 3.57 Å². The fourth-order valence-corrected chi connectivity index (χ4v) is 3.15. The monoisotopic (exact) mass is 418 g/mol. The highest BCUT2D eigenvalue weighted by Crippen LogP contribution is 2.35. The van der Waals surface area contributed by atoms with Crippen LogP contribution in [0.15, 0.2) is 66.7 Å². The van der Waals surface area contributed by atoms with Gasteiger partial charge in [0, 0.05) is 5.92 Å². The maximum Gasteiger partial charge on any atom is 0.128 e. The summed E-state index contributed by atoms with van der Waals surface area (Å²) < 4.78 is 0.780. The molecule has 0 atom stereocenters. The van der Waals surface area contributed by atoms with E-state index < -0.39 is 0 Å². The molecule has 0 amide bonds. The van der Waals surface area contributed by atoms with Gasteiger partial charge in [0.1, 0.15) is 17.2 Å². The number of rotatable bonds is 3. The fourth-order valence-electron chi connectivity index (χ4n) is 2.61. The maximum absolute atomic E-state index is 9.77. The zero-order chi connectivity index (χ0) is 16.4. The molecule has 0 bridgehead atoms. The first-order valence-electron chi connectivity index (χ1n) is 7.11. The molecule has 0 spiro atoms. The summed E-state index contributed by atoms with van der Waals surface area (Å²) in [7, 11) is 0. The van der Waals surface area contributed by atoms with Crippen LogP contribution in [-0.2, 0) is 0 Å². The van der Waals surface area contributed by atoms with Crippen molar-refractivity contribution in [2.45, 2.75) is 5.92 Å². The van der Waals surface area contributed by atoms with Crippen molar-refractivity contribution in [1.29, 1.82) is 0 Å². The largest absolute Gasteiger partial charge is 0.508 e. The summed E-state index contributed by atoms with van der Waals surface area (Å²) in [6.07, 6.45) is 0. The minimum absolute atomic E-state index is 0.0506. The normalized spacial score (nSPS) is 10.9. The third kappa shape index (κ3) is 3.42. The first-order chi connectivity index (χ1) is 11.0. The number of hydrogen-bond acceptors (Lipinski definition) is 3. The molecule has 3 nitrogen and oxygen atoms in total. The van der Waals surface area contributed by atoms with E-state index in [1.165, 1.54) is 0 Å². The minimum atomic E-state index is -0.0506. The third-order valence-corrected chi connectivity index (χ3v) is 4.62. The van der Waals surface area contributed by atoms with Crippen LogP contribution in [0.5, 0.6) is 17.2 Å². The molecule has 0 aliphatic heterocycles. The number of phenolic OH excluding ortho intramolecular Hbond substituents is 3. The first-order valence-corrected chi connectivity index (χ1v) is 8.19. The average Bonchev–Trinajstić information content (AvgIpc) is 2.55. The second-order valence-electron chi connectivity index (χ2n) is 5.33. The minimum Gasteiger partial charge on any atom is -0.508 e. The smallest absolute Gasteiger partial charge is 0.128 e. The summed E-state index contributed by atoms with van der Waals surface area (Å²) in [6.45, 7) is 0. The Balaban J connectivity index is 2.14. The molecule has 0 heterocycles. The Morgan fingerprint density at radius 1 is 0.609 bits per heavy atom. The van der Waals surface area contributed by atoms with Crippen LogP contribution in [0.3, 0.4) is 0 Å². The highest BCUT2D eigenvalue weighted by Gasteiger charge is 2.18. The number of benzene rings is 3. The van der Waals surface area contributed by atoms with Crippen molar-refractivity contribution < 1.29 is 15.3 Å². The molecule has 0 aliphatic rings. The molecule has 116 valence electrons. The van der Waals surface area contributed by atoms with Gasteiger partial charge in [-0.2, -0.15) is 0 Å². The zero-order valence-corrected chi connectivity index (χ0v) is 14.3. The molecular formula is C19H15IO3. The number of phenols is 3. The molecule has 0 aliphatic carbocycles. The molecule has 0 fully saturated rings. The SMILES string of the molecule is Oc1ccc(C(c2ccc(O)cc2)c2ccc(O)c(I)c2)cc1. The third-order valence-electron chi connectivity index (χ3n) is 3.76. The highest BCUT2D eigenvalue weighted by molar-refractivity contribution is 14.1. The Kier molecular flexibility index (Phi) is 4.43. The van der Waals surface area contributed by atoms with E-state index in [0.717, 1.165) is 20.3 Å².